The van der Waals surface area contributed by atoms with Gasteiger partial charge in [0.1, 0.15) is 6.34 Å². The van der Waals surface area contributed by atoms with E-state index in [2.05, 4.69) is 19.7 Å². The van der Waals surface area contributed by atoms with Gasteiger partial charge in [-0.1, -0.05) is 0 Å². The van der Waals surface area contributed by atoms with Crippen molar-refractivity contribution in [1.82, 2.24) is 19.6 Å². The Balaban J connectivity index is 2.75. The van der Waals surface area contributed by atoms with Gasteiger partial charge in [-0.15, -0.1) is 16.2 Å². The minimum absolute atomic E-state index is 0.136. The Morgan fingerprint density at radius 1 is 1.38 bits per heavy atom. The van der Waals surface area contributed by atoms with Crippen LogP contribution < -0.4 is 19.5 Å². The number of rotatable bonds is 8. The first-order valence-electron chi connectivity index (χ1n) is 6.35. The molecule has 0 aromatic carbocycles. The number of anilines is 1. The van der Waals surface area contributed by atoms with E-state index in [4.69, 9.17) is 9.47 Å². The minimum atomic E-state index is -4.21. The number of carbonyl (C=O) groups excluding carboxylic acids is 1. The molecule has 0 unspecified atom stereocenters. The fourth-order valence-electron chi connectivity index (χ4n) is 1.32. The van der Waals surface area contributed by atoms with E-state index in [1.54, 1.807) is 11.8 Å². The van der Waals surface area contributed by atoms with Crippen molar-refractivity contribution in [2.24, 2.45) is 4.40 Å². The summed E-state index contributed by atoms with van der Waals surface area (Å²) in [7, 11) is 0.179. The average Bonchev–Trinajstić information content (AvgIpc) is 2.52. The summed E-state index contributed by atoms with van der Waals surface area (Å²) < 4.78 is 38.2. The molecule has 1 aromatic rings. The van der Waals surface area contributed by atoms with Crippen molar-refractivity contribution in [1.29, 1.82) is 0 Å². The van der Waals surface area contributed by atoms with E-state index in [9.17, 15) is 13.2 Å². The lowest BCUT2D eigenvalue weighted by Crippen LogP contribution is -2.34. The van der Waals surface area contributed by atoms with E-state index in [-0.39, 0.29) is 17.7 Å². The number of amides is 2. The second kappa shape index (κ2) is 9.12. The van der Waals surface area contributed by atoms with Gasteiger partial charge in [0.05, 0.1) is 26.2 Å². The molecule has 0 spiro atoms. The molecule has 1 rings (SSSR count). The summed E-state index contributed by atoms with van der Waals surface area (Å²) in [6.07, 6.45) is 2.95. The zero-order chi connectivity index (χ0) is 18.2. The molecule has 134 valence electrons. The molecule has 24 heavy (non-hydrogen) atoms. The maximum Gasteiger partial charge on any atom is 0.347 e. The first-order chi connectivity index (χ1) is 11.3. The fourth-order valence-corrected chi connectivity index (χ4v) is 2.42. The Bertz CT molecular complexity index is 674. The maximum atomic E-state index is 11.7. The summed E-state index contributed by atoms with van der Waals surface area (Å²) in [5.41, 5.74) is 0. The summed E-state index contributed by atoms with van der Waals surface area (Å²) in [5.74, 6) is 0.624. The predicted octanol–water partition coefficient (Wildman–Crippen LogP) is 0.141. The molecule has 0 saturated carbocycles. The highest BCUT2D eigenvalue weighted by atomic mass is 32.2. The Morgan fingerprint density at radius 3 is 2.46 bits per heavy atom. The number of thioether (sulfide) groups is 1. The number of ether oxygens (including phenoxy) is 2. The largest absolute Gasteiger partial charge is 0.481 e. The number of carbonyl (C=O) groups is 1. The first-order valence-corrected chi connectivity index (χ1v) is 9.18. The molecule has 13 heteroatoms. The van der Waals surface area contributed by atoms with Crippen LogP contribution in [0.1, 0.15) is 0 Å². The van der Waals surface area contributed by atoms with Crippen molar-refractivity contribution in [3.05, 3.63) is 6.07 Å². The van der Waals surface area contributed by atoms with Crippen molar-refractivity contribution < 1.29 is 22.7 Å². The van der Waals surface area contributed by atoms with Gasteiger partial charge in [0.2, 0.25) is 17.7 Å². The second-order valence-electron chi connectivity index (χ2n) is 4.20. The molecule has 0 fully saturated rings. The summed E-state index contributed by atoms with van der Waals surface area (Å²) in [4.78, 5) is 21.0. The third-order valence-electron chi connectivity index (χ3n) is 2.26. The third-order valence-corrected chi connectivity index (χ3v) is 3.74. The van der Waals surface area contributed by atoms with E-state index in [0.29, 0.717) is 5.88 Å². The highest BCUT2D eigenvalue weighted by molar-refractivity contribution is 7.98. The summed E-state index contributed by atoms with van der Waals surface area (Å²) in [6.45, 7) is 0. The predicted molar refractivity (Wildman–Crippen MR) is 90.8 cm³/mol. The van der Waals surface area contributed by atoms with Crippen molar-refractivity contribution >= 4 is 40.3 Å². The van der Waals surface area contributed by atoms with Crippen LogP contribution in [0.25, 0.3) is 0 Å². The molecular formula is C11H18N6O5S2. The van der Waals surface area contributed by atoms with Crippen LogP contribution in [0.15, 0.2) is 10.5 Å². The summed E-state index contributed by atoms with van der Waals surface area (Å²) in [5, 5.41) is 2.16. The van der Waals surface area contributed by atoms with Gasteiger partial charge in [-0.25, -0.2) is 9.52 Å². The van der Waals surface area contributed by atoms with Gasteiger partial charge in [-0.05, 0) is 6.26 Å². The van der Waals surface area contributed by atoms with Crippen LogP contribution in [0, 0.1) is 0 Å². The maximum absolute atomic E-state index is 11.7. The van der Waals surface area contributed by atoms with E-state index < -0.39 is 16.2 Å². The van der Waals surface area contributed by atoms with Crippen LogP contribution in [0.2, 0.25) is 0 Å². The standard InChI is InChI=1S/C11H18N6O5S2/c1-17(7-23-4)6-12-24(19,20)16-11(18)15-10-13-8(21-2)5-9(14-10)22-3/h5-6H,7H2,1-4H3,(H2,13,14,15,16,18). The Hall–Kier alpha value is -2.28. The van der Waals surface area contributed by atoms with Crippen LogP contribution in [-0.4, -0.2) is 69.1 Å². The number of nitrogens with zero attached hydrogens (tertiary/aromatic N) is 4. The average molecular weight is 378 g/mol. The first kappa shape index (κ1) is 19.8. The lowest BCUT2D eigenvalue weighted by Gasteiger charge is -2.10. The SMILES string of the molecule is COc1cc(OC)nc(NC(=O)NS(=O)(=O)N=CN(C)CSC)n1. The number of hydrogen-bond donors (Lipinski definition) is 2. The van der Waals surface area contributed by atoms with Gasteiger partial charge < -0.3 is 14.4 Å². The van der Waals surface area contributed by atoms with Crippen molar-refractivity contribution in [2.75, 3.05) is 38.7 Å². The van der Waals surface area contributed by atoms with E-state index in [1.165, 1.54) is 36.9 Å². The second-order valence-corrected chi connectivity index (χ2v) is 6.40. The van der Waals surface area contributed by atoms with Gasteiger partial charge >= 0.3 is 16.2 Å². The molecular weight excluding hydrogens is 360 g/mol. The molecule has 2 N–H and O–H groups in total. The van der Waals surface area contributed by atoms with E-state index in [0.717, 1.165) is 6.34 Å². The van der Waals surface area contributed by atoms with Crippen molar-refractivity contribution in [3.63, 3.8) is 0 Å². The van der Waals surface area contributed by atoms with Crippen LogP contribution in [0.4, 0.5) is 10.7 Å². The quantitative estimate of drug-likeness (QED) is 0.368. The summed E-state index contributed by atoms with van der Waals surface area (Å²) >= 11 is 1.48. The molecule has 0 atom stereocenters. The van der Waals surface area contributed by atoms with Crippen LogP contribution in [0.3, 0.4) is 0 Å². The van der Waals surface area contributed by atoms with Crippen LogP contribution >= 0.6 is 11.8 Å². The zero-order valence-electron chi connectivity index (χ0n) is 13.5. The lowest BCUT2D eigenvalue weighted by atomic mass is 10.6. The van der Waals surface area contributed by atoms with E-state index >= 15 is 0 Å². The van der Waals surface area contributed by atoms with E-state index in [1.807, 2.05) is 6.26 Å². The molecule has 2 amide bonds. The Kier molecular flexibility index (Phi) is 7.51. The smallest absolute Gasteiger partial charge is 0.347 e. The fraction of sp³-hybridized carbons (Fsp3) is 0.455. The number of nitrogens with one attached hydrogen (secondary N) is 2. The monoisotopic (exact) mass is 378 g/mol. The van der Waals surface area contributed by atoms with Gasteiger partial charge in [-0.3, -0.25) is 5.32 Å². The highest BCUT2D eigenvalue weighted by Gasteiger charge is 2.15. The molecule has 0 aliphatic rings. The molecule has 1 aromatic heterocycles. The molecule has 0 aliphatic carbocycles. The lowest BCUT2D eigenvalue weighted by molar-refractivity contribution is 0.256. The minimum Gasteiger partial charge on any atom is -0.481 e. The molecule has 1 heterocycles. The van der Waals surface area contributed by atoms with Crippen molar-refractivity contribution in [2.45, 2.75) is 0 Å². The van der Waals surface area contributed by atoms with Crippen LogP contribution in [-0.2, 0) is 10.2 Å². The molecule has 11 nitrogen and oxygen atoms in total. The Morgan fingerprint density at radius 2 is 1.96 bits per heavy atom. The molecule has 0 saturated heterocycles. The van der Waals surface area contributed by atoms with Gasteiger partial charge in [0.15, 0.2) is 0 Å². The normalized spacial score (nSPS) is 11.2. The van der Waals surface area contributed by atoms with Crippen LogP contribution in [0.5, 0.6) is 11.8 Å². The topological polar surface area (TPSA) is 135 Å². The molecule has 0 aliphatic heterocycles. The third kappa shape index (κ3) is 6.87. The Labute approximate surface area is 144 Å². The summed E-state index contributed by atoms with van der Waals surface area (Å²) in [6, 6.07) is 0.320. The number of hydrogen-bond acceptors (Lipinski definition) is 8. The molecule has 0 bridgehead atoms. The van der Waals surface area contributed by atoms with Gasteiger partial charge in [0.25, 0.3) is 0 Å². The van der Waals surface area contributed by atoms with Crippen molar-refractivity contribution in [3.8, 4) is 11.8 Å². The number of methoxy groups -OCH3 is 2. The highest BCUT2D eigenvalue weighted by Crippen LogP contribution is 2.17. The van der Waals surface area contributed by atoms with Gasteiger partial charge in [-0.2, -0.15) is 18.4 Å². The number of aromatic nitrogens is 2. The molecule has 0 radical (unpaired) electrons. The zero-order valence-corrected chi connectivity index (χ0v) is 15.1. The van der Waals surface area contributed by atoms with Gasteiger partial charge in [0, 0.05) is 7.05 Å². The number of urea groups is 1.